The summed E-state index contributed by atoms with van der Waals surface area (Å²) in [6.07, 6.45) is 0.778. The lowest BCUT2D eigenvalue weighted by Crippen LogP contribution is -2.20. The van der Waals surface area contributed by atoms with Gasteiger partial charge in [-0.2, -0.15) is 0 Å². The summed E-state index contributed by atoms with van der Waals surface area (Å²) in [7, 11) is 1.94. The van der Waals surface area contributed by atoms with Crippen molar-refractivity contribution < 1.29 is 4.39 Å². The topological polar surface area (TPSA) is 12.0 Å². The Morgan fingerprint density at radius 3 is 2.50 bits per heavy atom. The SMILES string of the molecule is CNC(Cc1ccc(F)c(Cl)c1)c1ccc(C)cc1C. The van der Waals surface area contributed by atoms with Crippen molar-refractivity contribution in [2.45, 2.75) is 26.3 Å². The number of halogens is 2. The Bertz CT molecular complexity index is 610. The van der Waals surface area contributed by atoms with Crippen LogP contribution in [0.25, 0.3) is 0 Å². The highest BCUT2D eigenvalue weighted by Crippen LogP contribution is 2.24. The van der Waals surface area contributed by atoms with Gasteiger partial charge in [0.25, 0.3) is 0 Å². The first-order valence-corrected chi connectivity index (χ1v) is 7.07. The van der Waals surface area contributed by atoms with E-state index in [0.717, 1.165) is 12.0 Å². The lowest BCUT2D eigenvalue weighted by molar-refractivity contribution is 0.586. The molecule has 106 valence electrons. The second kappa shape index (κ2) is 6.38. The Balaban J connectivity index is 2.26. The second-order valence-corrected chi connectivity index (χ2v) is 5.56. The van der Waals surface area contributed by atoms with Gasteiger partial charge in [0.2, 0.25) is 0 Å². The minimum atomic E-state index is -0.372. The summed E-state index contributed by atoms with van der Waals surface area (Å²) < 4.78 is 13.2. The minimum absolute atomic E-state index is 0.179. The predicted octanol–water partition coefficient (Wildman–Crippen LogP) is 4.60. The molecular formula is C17H19ClFN. The lowest BCUT2D eigenvalue weighted by atomic mass is 9.94. The summed E-state index contributed by atoms with van der Waals surface area (Å²) in [6.45, 7) is 4.20. The second-order valence-electron chi connectivity index (χ2n) is 5.15. The highest BCUT2D eigenvalue weighted by Gasteiger charge is 2.13. The minimum Gasteiger partial charge on any atom is -0.313 e. The zero-order valence-corrected chi connectivity index (χ0v) is 12.8. The van der Waals surface area contributed by atoms with Gasteiger partial charge in [-0.1, -0.05) is 41.4 Å². The first-order valence-electron chi connectivity index (χ1n) is 6.69. The molecule has 2 aromatic rings. The van der Waals surface area contributed by atoms with E-state index in [9.17, 15) is 4.39 Å². The quantitative estimate of drug-likeness (QED) is 0.868. The highest BCUT2D eigenvalue weighted by atomic mass is 35.5. The van der Waals surface area contributed by atoms with Crippen LogP contribution in [0.2, 0.25) is 5.02 Å². The third kappa shape index (κ3) is 3.38. The molecule has 1 atom stereocenters. The molecule has 0 bridgehead atoms. The third-order valence-corrected chi connectivity index (χ3v) is 3.86. The number of rotatable bonds is 4. The largest absolute Gasteiger partial charge is 0.313 e. The average molecular weight is 292 g/mol. The molecule has 0 fully saturated rings. The summed E-state index contributed by atoms with van der Waals surface area (Å²) in [6, 6.07) is 11.5. The van der Waals surface area contributed by atoms with Crippen LogP contribution in [0.5, 0.6) is 0 Å². The standard InChI is InChI=1S/C17H19ClFN/c1-11-4-6-14(12(2)8-11)17(20-3)10-13-5-7-16(19)15(18)9-13/h4-9,17,20H,10H2,1-3H3. The fraction of sp³-hybridized carbons (Fsp3) is 0.294. The molecule has 0 aliphatic rings. The summed E-state index contributed by atoms with van der Waals surface area (Å²) in [5.41, 5.74) is 4.80. The smallest absolute Gasteiger partial charge is 0.141 e. The van der Waals surface area contributed by atoms with Crippen molar-refractivity contribution in [3.8, 4) is 0 Å². The van der Waals surface area contributed by atoms with Crippen LogP contribution < -0.4 is 5.32 Å². The van der Waals surface area contributed by atoms with E-state index in [0.29, 0.717) is 0 Å². The van der Waals surface area contributed by atoms with Crippen LogP contribution in [0.1, 0.15) is 28.3 Å². The van der Waals surface area contributed by atoms with Gasteiger partial charge in [0, 0.05) is 6.04 Å². The van der Waals surface area contributed by atoms with E-state index in [1.165, 1.54) is 22.8 Å². The Hall–Kier alpha value is -1.38. The van der Waals surface area contributed by atoms with Gasteiger partial charge in [0.15, 0.2) is 0 Å². The molecule has 1 N–H and O–H groups in total. The lowest BCUT2D eigenvalue weighted by Gasteiger charge is -2.19. The van der Waals surface area contributed by atoms with Crippen LogP contribution in [0.4, 0.5) is 4.39 Å². The van der Waals surface area contributed by atoms with Crippen LogP contribution in [0.15, 0.2) is 36.4 Å². The van der Waals surface area contributed by atoms with Crippen molar-refractivity contribution in [2.24, 2.45) is 0 Å². The van der Waals surface area contributed by atoms with Crippen LogP contribution in [0, 0.1) is 19.7 Å². The van der Waals surface area contributed by atoms with Crippen LogP contribution >= 0.6 is 11.6 Å². The number of hydrogen-bond acceptors (Lipinski definition) is 1. The van der Waals surface area contributed by atoms with Gasteiger partial charge >= 0.3 is 0 Å². The first-order chi connectivity index (χ1) is 9.51. The first kappa shape index (κ1) is 15.0. The maximum Gasteiger partial charge on any atom is 0.141 e. The van der Waals surface area contributed by atoms with E-state index in [-0.39, 0.29) is 16.9 Å². The van der Waals surface area contributed by atoms with E-state index < -0.39 is 0 Å². The fourth-order valence-electron chi connectivity index (χ4n) is 2.49. The molecule has 0 spiro atoms. The summed E-state index contributed by atoms with van der Waals surface area (Å²) >= 11 is 5.84. The molecule has 0 radical (unpaired) electrons. The van der Waals surface area contributed by atoms with E-state index in [4.69, 9.17) is 11.6 Å². The van der Waals surface area contributed by atoms with E-state index in [1.54, 1.807) is 12.1 Å². The molecule has 1 unspecified atom stereocenters. The Kier molecular flexibility index (Phi) is 4.79. The monoisotopic (exact) mass is 291 g/mol. The molecule has 0 heterocycles. The van der Waals surface area contributed by atoms with Crippen molar-refractivity contribution >= 4 is 11.6 Å². The van der Waals surface area contributed by atoms with E-state index in [2.05, 4.69) is 37.4 Å². The zero-order valence-electron chi connectivity index (χ0n) is 12.0. The summed E-state index contributed by atoms with van der Waals surface area (Å²) in [5.74, 6) is -0.372. The van der Waals surface area contributed by atoms with Crippen molar-refractivity contribution in [3.05, 3.63) is 69.5 Å². The van der Waals surface area contributed by atoms with Crippen LogP contribution in [-0.2, 0) is 6.42 Å². The zero-order chi connectivity index (χ0) is 14.7. The molecule has 0 aliphatic heterocycles. The fourth-order valence-corrected chi connectivity index (χ4v) is 2.69. The van der Waals surface area contributed by atoms with E-state index in [1.807, 2.05) is 7.05 Å². The van der Waals surface area contributed by atoms with Gasteiger partial charge in [-0.3, -0.25) is 0 Å². The van der Waals surface area contributed by atoms with Crippen molar-refractivity contribution in [1.29, 1.82) is 0 Å². The normalized spacial score (nSPS) is 12.4. The van der Waals surface area contributed by atoms with Crippen molar-refractivity contribution in [3.63, 3.8) is 0 Å². The molecule has 0 amide bonds. The summed E-state index contributed by atoms with van der Waals surface area (Å²) in [4.78, 5) is 0. The third-order valence-electron chi connectivity index (χ3n) is 3.57. The van der Waals surface area contributed by atoms with Crippen LogP contribution in [-0.4, -0.2) is 7.05 Å². The van der Waals surface area contributed by atoms with Gasteiger partial charge in [0.05, 0.1) is 5.02 Å². The molecule has 2 rings (SSSR count). The molecule has 20 heavy (non-hydrogen) atoms. The molecule has 1 nitrogen and oxygen atoms in total. The number of hydrogen-bond donors (Lipinski definition) is 1. The molecule has 3 heteroatoms. The van der Waals surface area contributed by atoms with E-state index >= 15 is 0 Å². The predicted molar refractivity (Wildman–Crippen MR) is 82.8 cm³/mol. The molecule has 0 aliphatic carbocycles. The Morgan fingerprint density at radius 2 is 1.90 bits per heavy atom. The molecule has 0 saturated carbocycles. The molecule has 2 aromatic carbocycles. The maximum atomic E-state index is 13.2. The Morgan fingerprint density at radius 1 is 1.15 bits per heavy atom. The molecule has 0 aromatic heterocycles. The van der Waals surface area contributed by atoms with Gasteiger partial charge in [0.1, 0.15) is 5.82 Å². The number of likely N-dealkylation sites (N-methyl/N-ethyl adjacent to an activating group) is 1. The Labute approximate surface area is 124 Å². The molecular weight excluding hydrogens is 273 g/mol. The van der Waals surface area contributed by atoms with Gasteiger partial charge in [-0.15, -0.1) is 0 Å². The summed E-state index contributed by atoms with van der Waals surface area (Å²) in [5, 5.41) is 3.50. The maximum absolute atomic E-state index is 13.2. The number of nitrogens with one attached hydrogen (secondary N) is 1. The van der Waals surface area contributed by atoms with Crippen molar-refractivity contribution in [1.82, 2.24) is 5.32 Å². The van der Waals surface area contributed by atoms with Crippen LogP contribution in [0.3, 0.4) is 0 Å². The average Bonchev–Trinajstić information content (AvgIpc) is 2.41. The highest BCUT2D eigenvalue weighted by molar-refractivity contribution is 6.30. The number of aryl methyl sites for hydroxylation is 2. The number of benzene rings is 2. The van der Waals surface area contributed by atoms with Gasteiger partial charge < -0.3 is 5.32 Å². The van der Waals surface area contributed by atoms with Gasteiger partial charge in [-0.05, 0) is 56.1 Å². The van der Waals surface area contributed by atoms with Gasteiger partial charge in [-0.25, -0.2) is 4.39 Å². The molecule has 0 saturated heterocycles. The van der Waals surface area contributed by atoms with Crippen molar-refractivity contribution in [2.75, 3.05) is 7.05 Å².